The van der Waals surface area contributed by atoms with Crippen LogP contribution in [0.15, 0.2) is 12.7 Å². The van der Waals surface area contributed by atoms with Crippen LogP contribution in [-0.4, -0.2) is 13.2 Å². The predicted molar refractivity (Wildman–Crippen MR) is 134 cm³/mol. The summed E-state index contributed by atoms with van der Waals surface area (Å²) in [5.41, 5.74) is 4.33. The van der Waals surface area contributed by atoms with E-state index < -0.39 is 0 Å². The van der Waals surface area contributed by atoms with Crippen molar-refractivity contribution in [3.8, 4) is 0 Å². The van der Waals surface area contributed by atoms with Gasteiger partial charge in [0.25, 0.3) is 0 Å². The molecule has 3 aliphatic carbocycles. The van der Waals surface area contributed by atoms with Crippen LogP contribution in [0.25, 0.3) is 0 Å². The first kappa shape index (κ1) is 25.3. The summed E-state index contributed by atoms with van der Waals surface area (Å²) in [7, 11) is 1.76. The Kier molecular flexibility index (Phi) is 8.75. The Morgan fingerprint density at radius 3 is 2.35 bits per heavy atom. The van der Waals surface area contributed by atoms with E-state index in [2.05, 4.69) is 52.8 Å². The topological polar surface area (TPSA) is 21.3 Å². The smallest absolute Gasteiger partial charge is 0.0572 e. The molecule has 0 saturated heterocycles. The van der Waals surface area contributed by atoms with E-state index in [0.29, 0.717) is 16.9 Å². The van der Waals surface area contributed by atoms with Crippen molar-refractivity contribution in [2.75, 3.05) is 7.11 Å². The van der Waals surface area contributed by atoms with Crippen LogP contribution in [0.4, 0.5) is 0 Å². The van der Waals surface area contributed by atoms with Crippen LogP contribution >= 0.6 is 0 Å². The van der Waals surface area contributed by atoms with Crippen molar-refractivity contribution in [2.45, 2.75) is 118 Å². The van der Waals surface area contributed by atoms with Crippen LogP contribution in [0.1, 0.15) is 112 Å². The van der Waals surface area contributed by atoms with E-state index >= 15 is 0 Å². The fourth-order valence-corrected chi connectivity index (χ4v) is 8.70. The minimum atomic E-state index is 0.455. The third-order valence-electron chi connectivity index (χ3n) is 10.6. The second kappa shape index (κ2) is 10.7. The minimum Gasteiger partial charge on any atom is -0.305 e. The second-order valence-electron chi connectivity index (χ2n) is 12.6. The molecule has 180 valence electrons. The van der Waals surface area contributed by atoms with E-state index in [1.807, 2.05) is 0 Å². The zero-order chi connectivity index (χ0) is 22.6. The van der Waals surface area contributed by atoms with Crippen molar-refractivity contribution < 1.29 is 4.84 Å². The van der Waals surface area contributed by atoms with Crippen molar-refractivity contribution in [3.05, 3.63) is 12.7 Å². The molecule has 3 aliphatic rings. The van der Waals surface area contributed by atoms with Crippen molar-refractivity contribution in [3.63, 3.8) is 0 Å². The highest BCUT2D eigenvalue weighted by Gasteiger charge is 2.56. The lowest BCUT2D eigenvalue weighted by molar-refractivity contribution is -0.0831. The molecule has 0 spiro atoms. The van der Waals surface area contributed by atoms with Crippen molar-refractivity contribution in [1.29, 1.82) is 0 Å². The average Bonchev–Trinajstić information content (AvgIpc) is 3.05. The minimum absolute atomic E-state index is 0.455. The molecule has 2 nitrogen and oxygen atoms in total. The van der Waals surface area contributed by atoms with Crippen LogP contribution < -0.4 is 5.48 Å². The number of hydrogen-bond donors (Lipinski definition) is 1. The number of rotatable bonds is 10. The van der Waals surface area contributed by atoms with Gasteiger partial charge < -0.3 is 4.84 Å². The fraction of sp³-hybridized carbons (Fsp3) is 0.931. The van der Waals surface area contributed by atoms with Gasteiger partial charge in [0.1, 0.15) is 0 Å². The van der Waals surface area contributed by atoms with Crippen molar-refractivity contribution in [1.82, 2.24) is 5.48 Å². The summed E-state index contributed by atoms with van der Waals surface area (Å²) in [6.07, 6.45) is 18.8. The third kappa shape index (κ3) is 5.26. The van der Waals surface area contributed by atoms with Gasteiger partial charge in [0.2, 0.25) is 0 Å². The van der Waals surface area contributed by atoms with E-state index in [-0.39, 0.29) is 0 Å². The number of nitrogens with one attached hydrogen (secondary N) is 1. The number of unbranched alkanes of at least 4 members (excludes halogenated alkanes) is 1. The highest BCUT2D eigenvalue weighted by Crippen LogP contribution is 2.64. The average molecular weight is 432 g/mol. The summed E-state index contributed by atoms with van der Waals surface area (Å²) in [6, 6.07) is 0.508. The molecule has 3 rings (SSSR count). The van der Waals surface area contributed by atoms with Gasteiger partial charge in [-0.1, -0.05) is 60.0 Å². The standard InChI is InChI=1S/C29H53NO/c1-8-11-24-20-25(30-31-7)16-18-29(24,6)27-17-19-28(5)23(13-10-9-12-21(2)3)14-15-26(28)22(27)4/h8,21-27,30H,1,9-20H2,2-7H3. The monoisotopic (exact) mass is 431 g/mol. The number of hydrogen-bond acceptors (Lipinski definition) is 2. The zero-order valence-electron chi connectivity index (χ0n) is 21.7. The van der Waals surface area contributed by atoms with Gasteiger partial charge in [0.15, 0.2) is 0 Å². The Labute approximate surface area is 194 Å². The lowest BCUT2D eigenvalue weighted by atomic mass is 9.48. The van der Waals surface area contributed by atoms with Gasteiger partial charge in [-0.3, -0.25) is 0 Å². The number of hydroxylamine groups is 1. The van der Waals surface area contributed by atoms with Crippen LogP contribution in [-0.2, 0) is 4.84 Å². The Hall–Kier alpha value is -0.340. The zero-order valence-corrected chi connectivity index (χ0v) is 21.7. The molecular formula is C29H53NO. The summed E-state index contributed by atoms with van der Waals surface area (Å²) in [5.74, 6) is 5.25. The lowest BCUT2D eigenvalue weighted by Gasteiger charge is -2.57. The molecule has 31 heavy (non-hydrogen) atoms. The Morgan fingerprint density at radius 1 is 1.00 bits per heavy atom. The van der Waals surface area contributed by atoms with Gasteiger partial charge in [-0.25, -0.2) is 0 Å². The first-order valence-electron chi connectivity index (χ1n) is 13.7. The molecule has 0 radical (unpaired) electrons. The Balaban J connectivity index is 1.67. The molecule has 0 aromatic rings. The van der Waals surface area contributed by atoms with Gasteiger partial charge in [-0.05, 0) is 104 Å². The van der Waals surface area contributed by atoms with Crippen LogP contribution in [0.3, 0.4) is 0 Å². The van der Waals surface area contributed by atoms with Crippen molar-refractivity contribution in [2.24, 2.45) is 46.3 Å². The second-order valence-corrected chi connectivity index (χ2v) is 12.6. The number of fused-ring (bicyclic) bond motifs is 1. The van der Waals surface area contributed by atoms with Crippen molar-refractivity contribution >= 4 is 0 Å². The summed E-state index contributed by atoms with van der Waals surface area (Å²) in [6.45, 7) is 16.8. The molecule has 3 fully saturated rings. The molecule has 0 aromatic carbocycles. The van der Waals surface area contributed by atoms with E-state index in [9.17, 15) is 0 Å². The molecule has 0 aromatic heterocycles. The van der Waals surface area contributed by atoms with E-state index in [4.69, 9.17) is 4.84 Å². The number of allylic oxidation sites excluding steroid dienone is 1. The van der Waals surface area contributed by atoms with Gasteiger partial charge in [-0.2, -0.15) is 5.48 Å². The van der Waals surface area contributed by atoms with Gasteiger partial charge in [0, 0.05) is 6.04 Å². The summed E-state index contributed by atoms with van der Waals surface area (Å²) in [5, 5.41) is 0. The largest absolute Gasteiger partial charge is 0.305 e. The quantitative estimate of drug-likeness (QED) is 0.214. The molecule has 8 unspecified atom stereocenters. The molecule has 2 heteroatoms. The normalized spacial score (nSPS) is 43.2. The van der Waals surface area contributed by atoms with Crippen LogP contribution in [0.2, 0.25) is 0 Å². The molecule has 0 heterocycles. The Morgan fingerprint density at radius 2 is 1.68 bits per heavy atom. The summed E-state index contributed by atoms with van der Waals surface area (Å²) < 4.78 is 0. The van der Waals surface area contributed by atoms with Gasteiger partial charge >= 0.3 is 0 Å². The van der Waals surface area contributed by atoms with E-state index in [1.54, 1.807) is 7.11 Å². The first-order chi connectivity index (χ1) is 14.8. The van der Waals surface area contributed by atoms with Crippen LogP contribution in [0, 0.1) is 46.3 Å². The summed E-state index contributed by atoms with van der Waals surface area (Å²) in [4.78, 5) is 5.30. The molecule has 0 bridgehead atoms. The SMILES string of the molecule is C=CCC1CC(NOC)CCC1(C)C1CCC2(C)C(CCCCC(C)C)CCC2C1C. The first-order valence-corrected chi connectivity index (χ1v) is 13.7. The molecular weight excluding hydrogens is 378 g/mol. The maximum absolute atomic E-state index is 5.30. The summed E-state index contributed by atoms with van der Waals surface area (Å²) >= 11 is 0. The highest BCUT2D eigenvalue weighted by atomic mass is 16.6. The molecule has 0 aliphatic heterocycles. The maximum Gasteiger partial charge on any atom is 0.0572 e. The lowest BCUT2D eigenvalue weighted by Crippen LogP contribution is -2.51. The molecule has 0 amide bonds. The van der Waals surface area contributed by atoms with Gasteiger partial charge in [0.05, 0.1) is 7.11 Å². The fourth-order valence-electron chi connectivity index (χ4n) is 8.70. The predicted octanol–water partition coefficient (Wildman–Crippen LogP) is 8.18. The molecule has 3 saturated carbocycles. The third-order valence-corrected chi connectivity index (χ3v) is 10.6. The molecule has 1 N–H and O–H groups in total. The van der Waals surface area contributed by atoms with Gasteiger partial charge in [-0.15, -0.1) is 6.58 Å². The van der Waals surface area contributed by atoms with E-state index in [1.165, 1.54) is 70.6 Å². The molecule has 8 atom stereocenters. The maximum atomic E-state index is 5.30. The van der Waals surface area contributed by atoms with Crippen LogP contribution in [0.5, 0.6) is 0 Å². The Bertz CT molecular complexity index is 573. The van der Waals surface area contributed by atoms with E-state index in [0.717, 1.165) is 41.9 Å². The highest BCUT2D eigenvalue weighted by molar-refractivity contribution is 5.06.